The summed E-state index contributed by atoms with van der Waals surface area (Å²) in [5.74, 6) is 2.09. The van der Waals surface area contributed by atoms with Gasteiger partial charge in [-0.3, -0.25) is 9.59 Å². The molecule has 0 unspecified atom stereocenters. The molecule has 2 aromatic heterocycles. The fourth-order valence-electron chi connectivity index (χ4n) is 5.14. The van der Waals surface area contributed by atoms with Gasteiger partial charge in [0.2, 0.25) is 11.8 Å². The number of fused-ring (bicyclic) bond motifs is 1. The topological polar surface area (TPSA) is 101 Å². The summed E-state index contributed by atoms with van der Waals surface area (Å²) in [7, 11) is 0. The Balaban J connectivity index is 1.29. The molecule has 170 valence electrons. The zero-order valence-corrected chi connectivity index (χ0v) is 19.0. The number of nitrogens with one attached hydrogen (secondary N) is 1. The minimum absolute atomic E-state index is 0.0291. The van der Waals surface area contributed by atoms with Crippen LogP contribution in [0, 0.1) is 24.7 Å². The van der Waals surface area contributed by atoms with Crippen LogP contribution in [-0.2, 0) is 9.59 Å². The number of hydrogen-bond acceptors (Lipinski definition) is 5. The summed E-state index contributed by atoms with van der Waals surface area (Å²) < 4.78 is 0. The van der Waals surface area contributed by atoms with Crippen LogP contribution in [0.4, 0.5) is 11.6 Å². The van der Waals surface area contributed by atoms with Gasteiger partial charge in [0.15, 0.2) is 0 Å². The SMILES string of the molecule is CC(=O)N1CCC([C@H]2C[C@@H]2C(=O)Nc2cc3cc(-c4ccccc4C)nc(N)c3cn2)CC1. The number of likely N-dealkylation sites (tertiary alicyclic amines) is 1. The number of carbonyl (C=O) groups is 2. The third-order valence-electron chi connectivity index (χ3n) is 7.18. The number of aromatic nitrogens is 2. The molecule has 7 nitrogen and oxygen atoms in total. The van der Waals surface area contributed by atoms with Gasteiger partial charge < -0.3 is 16.0 Å². The number of aryl methyl sites for hydroxylation is 1. The molecule has 0 bridgehead atoms. The van der Waals surface area contributed by atoms with Gasteiger partial charge in [-0.1, -0.05) is 24.3 Å². The molecule has 1 aliphatic carbocycles. The second-order valence-corrected chi connectivity index (χ2v) is 9.34. The zero-order chi connectivity index (χ0) is 23.1. The quantitative estimate of drug-likeness (QED) is 0.634. The summed E-state index contributed by atoms with van der Waals surface area (Å²) >= 11 is 0. The van der Waals surface area contributed by atoms with Crippen molar-refractivity contribution in [1.82, 2.24) is 14.9 Å². The van der Waals surface area contributed by atoms with E-state index in [2.05, 4.69) is 15.3 Å². The van der Waals surface area contributed by atoms with Crippen molar-refractivity contribution in [2.45, 2.75) is 33.1 Å². The zero-order valence-electron chi connectivity index (χ0n) is 19.0. The van der Waals surface area contributed by atoms with Gasteiger partial charge in [-0.2, -0.15) is 0 Å². The first-order valence-electron chi connectivity index (χ1n) is 11.6. The molecule has 1 saturated heterocycles. The molecule has 7 heteroatoms. The summed E-state index contributed by atoms with van der Waals surface area (Å²) in [4.78, 5) is 35.3. The molecule has 1 aliphatic heterocycles. The summed E-state index contributed by atoms with van der Waals surface area (Å²) in [6, 6.07) is 11.9. The second-order valence-electron chi connectivity index (χ2n) is 9.34. The maximum absolute atomic E-state index is 12.9. The molecule has 2 atom stereocenters. The number of nitrogen functional groups attached to an aromatic ring is 1. The highest BCUT2D eigenvalue weighted by Crippen LogP contribution is 2.48. The van der Waals surface area contributed by atoms with Gasteiger partial charge in [-0.05, 0) is 61.1 Å². The Morgan fingerprint density at radius 1 is 1.15 bits per heavy atom. The van der Waals surface area contributed by atoms with Crippen LogP contribution in [-0.4, -0.2) is 39.8 Å². The van der Waals surface area contributed by atoms with E-state index in [1.54, 1.807) is 13.1 Å². The Morgan fingerprint density at radius 3 is 2.64 bits per heavy atom. The van der Waals surface area contributed by atoms with E-state index in [1.807, 2.05) is 48.2 Å². The van der Waals surface area contributed by atoms with Crippen LogP contribution >= 0.6 is 0 Å². The maximum Gasteiger partial charge on any atom is 0.228 e. The van der Waals surface area contributed by atoms with E-state index >= 15 is 0 Å². The number of pyridine rings is 2. The fourth-order valence-corrected chi connectivity index (χ4v) is 5.14. The van der Waals surface area contributed by atoms with Crippen LogP contribution in [0.15, 0.2) is 42.6 Å². The predicted octanol–water partition coefficient (Wildman–Crippen LogP) is 4.02. The number of nitrogens with two attached hydrogens (primary N) is 1. The largest absolute Gasteiger partial charge is 0.383 e. The van der Waals surface area contributed by atoms with Crippen molar-refractivity contribution in [2.75, 3.05) is 24.1 Å². The van der Waals surface area contributed by atoms with E-state index in [-0.39, 0.29) is 17.7 Å². The van der Waals surface area contributed by atoms with E-state index in [0.717, 1.165) is 59.9 Å². The summed E-state index contributed by atoms with van der Waals surface area (Å²) in [6.45, 7) is 5.27. The Labute approximate surface area is 193 Å². The van der Waals surface area contributed by atoms with Crippen LogP contribution in [0.5, 0.6) is 0 Å². The molecular formula is C26H29N5O2. The molecule has 0 radical (unpaired) electrons. The lowest BCUT2D eigenvalue weighted by Gasteiger charge is -2.31. The molecule has 33 heavy (non-hydrogen) atoms. The Bertz CT molecular complexity index is 1230. The van der Waals surface area contributed by atoms with Crippen LogP contribution in [0.2, 0.25) is 0 Å². The van der Waals surface area contributed by atoms with Crippen molar-refractivity contribution in [3.63, 3.8) is 0 Å². The highest BCUT2D eigenvalue weighted by Gasteiger charge is 2.48. The van der Waals surface area contributed by atoms with Gasteiger partial charge in [-0.15, -0.1) is 0 Å². The molecule has 3 aromatic rings. The Hall–Kier alpha value is -3.48. The fraction of sp³-hybridized carbons (Fsp3) is 0.385. The molecule has 5 rings (SSSR count). The van der Waals surface area contributed by atoms with Gasteiger partial charge in [-0.25, -0.2) is 9.97 Å². The predicted molar refractivity (Wildman–Crippen MR) is 129 cm³/mol. The Kier molecular flexibility index (Phi) is 5.48. The maximum atomic E-state index is 12.9. The highest BCUT2D eigenvalue weighted by molar-refractivity contribution is 5.98. The average Bonchev–Trinajstić information content (AvgIpc) is 3.60. The van der Waals surface area contributed by atoms with Gasteiger partial charge in [0.05, 0.1) is 5.69 Å². The monoisotopic (exact) mass is 443 g/mol. The van der Waals surface area contributed by atoms with E-state index in [9.17, 15) is 9.59 Å². The van der Waals surface area contributed by atoms with Crippen molar-refractivity contribution in [1.29, 1.82) is 0 Å². The normalized spacial score (nSPS) is 20.6. The molecule has 3 N–H and O–H groups in total. The summed E-state index contributed by atoms with van der Waals surface area (Å²) in [5.41, 5.74) is 9.18. The molecule has 2 amide bonds. The Morgan fingerprint density at radius 2 is 1.91 bits per heavy atom. The number of piperidine rings is 1. The standard InChI is InChI=1S/C26H29N5O2/c1-15-5-3-4-6-19(15)23-11-18-12-24(28-14-22(18)25(27)29-23)30-26(33)21-13-20(21)17-7-9-31(10-8-17)16(2)32/h3-6,11-12,14,17,20-21H,7-10,13H2,1-2H3,(H2,27,29)(H,28,30,33)/t20-,21+/m1/s1. The summed E-state index contributed by atoms with van der Waals surface area (Å²) in [5, 5.41) is 4.67. The lowest BCUT2D eigenvalue weighted by molar-refractivity contribution is -0.130. The number of rotatable bonds is 4. The molecular weight excluding hydrogens is 414 g/mol. The van der Waals surface area contributed by atoms with Crippen molar-refractivity contribution >= 4 is 34.2 Å². The number of benzene rings is 1. The molecule has 1 saturated carbocycles. The second kappa shape index (κ2) is 8.46. The van der Waals surface area contributed by atoms with Crippen LogP contribution in [0.1, 0.15) is 31.7 Å². The molecule has 0 spiro atoms. The van der Waals surface area contributed by atoms with Crippen molar-refractivity contribution < 1.29 is 9.59 Å². The minimum atomic E-state index is 0.0291. The first-order valence-corrected chi connectivity index (χ1v) is 11.6. The van der Waals surface area contributed by atoms with E-state index < -0.39 is 0 Å². The smallest absolute Gasteiger partial charge is 0.228 e. The lowest BCUT2D eigenvalue weighted by Crippen LogP contribution is -2.37. The number of hydrogen-bond donors (Lipinski definition) is 2. The number of nitrogens with zero attached hydrogens (tertiary/aromatic N) is 3. The third kappa shape index (κ3) is 4.27. The van der Waals surface area contributed by atoms with Gasteiger partial charge in [0, 0.05) is 43.1 Å². The van der Waals surface area contributed by atoms with Gasteiger partial charge in [0.25, 0.3) is 0 Å². The minimum Gasteiger partial charge on any atom is -0.383 e. The van der Waals surface area contributed by atoms with Gasteiger partial charge in [0.1, 0.15) is 11.6 Å². The molecule has 3 heterocycles. The number of amides is 2. The first kappa shape index (κ1) is 21.4. The average molecular weight is 444 g/mol. The lowest BCUT2D eigenvalue weighted by atomic mass is 9.91. The highest BCUT2D eigenvalue weighted by atomic mass is 16.2. The van der Waals surface area contributed by atoms with E-state index in [0.29, 0.717) is 23.5 Å². The van der Waals surface area contributed by atoms with Crippen LogP contribution in [0.3, 0.4) is 0 Å². The number of anilines is 2. The van der Waals surface area contributed by atoms with Crippen molar-refractivity contribution in [3.05, 3.63) is 48.2 Å². The van der Waals surface area contributed by atoms with E-state index in [4.69, 9.17) is 5.73 Å². The van der Waals surface area contributed by atoms with E-state index in [1.165, 1.54) is 0 Å². The van der Waals surface area contributed by atoms with Crippen molar-refractivity contribution in [2.24, 2.45) is 17.8 Å². The third-order valence-corrected chi connectivity index (χ3v) is 7.18. The first-order chi connectivity index (χ1) is 15.9. The summed E-state index contributed by atoms with van der Waals surface area (Å²) in [6.07, 6.45) is 4.56. The molecule has 2 fully saturated rings. The van der Waals surface area contributed by atoms with Gasteiger partial charge >= 0.3 is 0 Å². The molecule has 1 aromatic carbocycles. The van der Waals surface area contributed by atoms with Crippen molar-refractivity contribution in [3.8, 4) is 11.3 Å². The van der Waals surface area contributed by atoms with Crippen LogP contribution < -0.4 is 11.1 Å². The van der Waals surface area contributed by atoms with Crippen LogP contribution in [0.25, 0.3) is 22.0 Å². The molecule has 2 aliphatic rings. The number of carbonyl (C=O) groups excluding carboxylic acids is 2.